The van der Waals surface area contributed by atoms with Crippen molar-refractivity contribution in [2.24, 2.45) is 5.92 Å². The highest BCUT2D eigenvalue weighted by atomic mass is 16.4. The number of rotatable bonds is 6. The third-order valence-electron chi connectivity index (χ3n) is 6.35. The van der Waals surface area contributed by atoms with Gasteiger partial charge in [-0.05, 0) is 80.6 Å². The van der Waals surface area contributed by atoms with E-state index in [2.05, 4.69) is 39.8 Å². The van der Waals surface area contributed by atoms with Gasteiger partial charge in [0.2, 0.25) is 0 Å². The maximum absolute atomic E-state index is 12.8. The van der Waals surface area contributed by atoms with Crippen molar-refractivity contribution in [1.29, 1.82) is 0 Å². The molecule has 0 bridgehead atoms. The Morgan fingerprint density at radius 3 is 2.48 bits per heavy atom. The van der Waals surface area contributed by atoms with E-state index >= 15 is 0 Å². The Labute approximate surface area is 182 Å². The fourth-order valence-corrected chi connectivity index (χ4v) is 4.53. The molecule has 3 N–H and O–H groups in total. The van der Waals surface area contributed by atoms with Crippen LogP contribution < -0.4 is 10.6 Å². The predicted octanol–water partition coefficient (Wildman–Crippen LogP) is 4.56. The third-order valence-corrected chi connectivity index (χ3v) is 6.35. The number of anilines is 2. The molecule has 2 aromatic carbocycles. The molecule has 31 heavy (non-hydrogen) atoms. The van der Waals surface area contributed by atoms with Crippen LogP contribution in [0.2, 0.25) is 0 Å². The van der Waals surface area contributed by atoms with Gasteiger partial charge in [0.15, 0.2) is 0 Å². The summed E-state index contributed by atoms with van der Waals surface area (Å²) in [6.07, 6.45) is 5.96. The molecule has 2 fully saturated rings. The minimum Gasteiger partial charge on any atom is -0.478 e. The molecular weight excluding hydrogens is 390 g/mol. The Morgan fingerprint density at radius 2 is 1.81 bits per heavy atom. The number of hydrogen-bond acceptors (Lipinski definition) is 4. The van der Waals surface area contributed by atoms with Crippen LogP contribution in [-0.4, -0.2) is 35.0 Å². The lowest BCUT2D eigenvalue weighted by Gasteiger charge is -2.26. The van der Waals surface area contributed by atoms with E-state index in [-0.39, 0.29) is 11.5 Å². The van der Waals surface area contributed by atoms with E-state index in [4.69, 9.17) is 0 Å². The maximum atomic E-state index is 12.8. The molecule has 3 aliphatic rings. The van der Waals surface area contributed by atoms with Gasteiger partial charge in [0.05, 0.1) is 11.1 Å². The Kier molecular flexibility index (Phi) is 5.24. The second-order valence-electron chi connectivity index (χ2n) is 8.74. The Balaban J connectivity index is 1.41. The van der Waals surface area contributed by atoms with Crippen LogP contribution in [0.25, 0.3) is 5.57 Å². The van der Waals surface area contributed by atoms with Crippen LogP contribution in [0.3, 0.4) is 0 Å². The van der Waals surface area contributed by atoms with E-state index in [1.807, 2.05) is 0 Å². The third kappa shape index (κ3) is 4.21. The van der Waals surface area contributed by atoms with Crippen LogP contribution in [-0.2, 0) is 11.3 Å². The smallest absolute Gasteiger partial charge is 0.335 e. The molecule has 0 spiro atoms. The number of hydrogen-bond donors (Lipinski definition) is 3. The first kappa shape index (κ1) is 19.8. The average molecular weight is 418 g/mol. The second-order valence-corrected chi connectivity index (χ2v) is 8.74. The Bertz CT molecular complexity index is 1050. The molecule has 0 unspecified atom stereocenters. The monoisotopic (exact) mass is 417 g/mol. The van der Waals surface area contributed by atoms with Crippen LogP contribution in [0.1, 0.15) is 53.6 Å². The fourth-order valence-electron chi connectivity index (χ4n) is 4.53. The second kappa shape index (κ2) is 8.19. The van der Waals surface area contributed by atoms with Crippen LogP contribution in [0.5, 0.6) is 0 Å². The number of carbonyl (C=O) groups excluding carboxylic acids is 1. The number of nitrogens with zero attached hydrogens (tertiary/aromatic N) is 1. The fraction of sp³-hybridized carbons (Fsp3) is 0.360. The number of piperidine rings is 1. The number of amides is 1. The number of nitrogens with one attached hydrogen (secondary N) is 2. The standard InChI is InChI=1S/C25H27N3O3/c29-24-22(20-14-18(25(30)31)8-11-21(20)27-24)23(17-6-7-17)26-19-9-4-16(5-10-19)15-28-12-2-1-3-13-28/h4-5,8-11,14,17,26H,1-3,6-7,12-13,15H2,(H,27,29)(H,30,31)/b23-22-. The molecule has 2 heterocycles. The molecule has 160 valence electrons. The molecule has 1 aliphatic carbocycles. The highest BCUT2D eigenvalue weighted by Gasteiger charge is 2.35. The van der Waals surface area contributed by atoms with Crippen molar-refractivity contribution >= 4 is 28.8 Å². The van der Waals surface area contributed by atoms with E-state index in [1.165, 1.54) is 44.0 Å². The number of carboxylic acid groups (broad SMARTS) is 1. The molecule has 2 aliphatic heterocycles. The quantitative estimate of drug-likeness (QED) is 0.601. The number of carboxylic acids is 1. The first-order chi connectivity index (χ1) is 15.1. The summed E-state index contributed by atoms with van der Waals surface area (Å²) < 4.78 is 0. The summed E-state index contributed by atoms with van der Waals surface area (Å²) in [4.78, 5) is 26.7. The van der Waals surface area contributed by atoms with Crippen molar-refractivity contribution in [3.8, 4) is 0 Å². The molecular formula is C25H27N3O3. The molecule has 1 amide bonds. The Morgan fingerprint density at radius 1 is 1.06 bits per heavy atom. The maximum Gasteiger partial charge on any atom is 0.335 e. The minimum absolute atomic E-state index is 0.173. The summed E-state index contributed by atoms with van der Waals surface area (Å²) >= 11 is 0. The summed E-state index contributed by atoms with van der Waals surface area (Å²) in [5.41, 5.74) is 5.23. The van der Waals surface area contributed by atoms with Gasteiger partial charge in [0.1, 0.15) is 0 Å². The molecule has 0 aromatic heterocycles. The summed E-state index contributed by atoms with van der Waals surface area (Å²) in [5.74, 6) is -0.867. The van der Waals surface area contributed by atoms with Gasteiger partial charge in [-0.3, -0.25) is 9.69 Å². The van der Waals surface area contributed by atoms with Crippen molar-refractivity contribution in [1.82, 2.24) is 4.90 Å². The molecule has 0 atom stereocenters. The number of likely N-dealkylation sites (tertiary alicyclic amines) is 1. The predicted molar refractivity (Wildman–Crippen MR) is 121 cm³/mol. The van der Waals surface area contributed by atoms with Gasteiger partial charge in [0.25, 0.3) is 5.91 Å². The van der Waals surface area contributed by atoms with E-state index < -0.39 is 5.97 Å². The van der Waals surface area contributed by atoms with Crippen LogP contribution in [0.4, 0.5) is 11.4 Å². The van der Waals surface area contributed by atoms with Crippen molar-refractivity contribution in [2.75, 3.05) is 23.7 Å². The summed E-state index contributed by atoms with van der Waals surface area (Å²) in [5, 5.41) is 15.7. The van der Waals surface area contributed by atoms with Gasteiger partial charge in [-0.25, -0.2) is 4.79 Å². The van der Waals surface area contributed by atoms with Gasteiger partial charge in [0, 0.05) is 29.2 Å². The van der Waals surface area contributed by atoms with Crippen LogP contribution >= 0.6 is 0 Å². The SMILES string of the molecule is O=C1Nc2ccc(C(=O)O)cc2/C1=C(/Nc1ccc(CN2CCCCC2)cc1)C1CC1. The van der Waals surface area contributed by atoms with E-state index in [0.717, 1.165) is 30.8 Å². The van der Waals surface area contributed by atoms with Crippen molar-refractivity contribution in [3.63, 3.8) is 0 Å². The van der Waals surface area contributed by atoms with E-state index in [9.17, 15) is 14.7 Å². The number of carbonyl (C=O) groups is 2. The van der Waals surface area contributed by atoms with Crippen molar-refractivity contribution in [2.45, 2.75) is 38.6 Å². The number of fused-ring (bicyclic) bond motifs is 1. The number of aromatic carboxylic acids is 1. The lowest BCUT2D eigenvalue weighted by atomic mass is 10.00. The average Bonchev–Trinajstić information content (AvgIpc) is 3.56. The van der Waals surface area contributed by atoms with Gasteiger partial charge >= 0.3 is 5.97 Å². The Hall–Kier alpha value is -3.12. The molecule has 0 radical (unpaired) electrons. The first-order valence-corrected chi connectivity index (χ1v) is 11.1. The zero-order chi connectivity index (χ0) is 21.4. The van der Waals surface area contributed by atoms with Gasteiger partial charge in [-0.2, -0.15) is 0 Å². The van der Waals surface area contributed by atoms with Crippen LogP contribution in [0.15, 0.2) is 48.2 Å². The highest BCUT2D eigenvalue weighted by Crippen LogP contribution is 2.44. The van der Waals surface area contributed by atoms with Crippen molar-refractivity contribution < 1.29 is 14.7 Å². The zero-order valence-electron chi connectivity index (χ0n) is 17.5. The molecule has 5 rings (SSSR count). The largest absolute Gasteiger partial charge is 0.478 e. The zero-order valence-corrected chi connectivity index (χ0v) is 17.5. The molecule has 6 nitrogen and oxygen atoms in total. The van der Waals surface area contributed by atoms with Gasteiger partial charge in [-0.1, -0.05) is 18.6 Å². The number of allylic oxidation sites excluding steroid dienone is 1. The van der Waals surface area contributed by atoms with Gasteiger partial charge in [-0.15, -0.1) is 0 Å². The minimum atomic E-state index is -0.994. The van der Waals surface area contributed by atoms with E-state index in [0.29, 0.717) is 22.7 Å². The molecule has 6 heteroatoms. The van der Waals surface area contributed by atoms with Gasteiger partial charge < -0.3 is 15.7 Å². The lowest BCUT2D eigenvalue weighted by molar-refractivity contribution is -0.110. The first-order valence-electron chi connectivity index (χ1n) is 11.1. The van der Waals surface area contributed by atoms with Crippen molar-refractivity contribution in [3.05, 3.63) is 64.9 Å². The summed E-state index contributed by atoms with van der Waals surface area (Å²) in [7, 11) is 0. The molecule has 1 saturated carbocycles. The van der Waals surface area contributed by atoms with E-state index in [1.54, 1.807) is 12.1 Å². The molecule has 2 aromatic rings. The normalized spacial score (nSPS) is 20.2. The topological polar surface area (TPSA) is 81.7 Å². The lowest BCUT2D eigenvalue weighted by Crippen LogP contribution is -2.29. The number of benzene rings is 2. The summed E-state index contributed by atoms with van der Waals surface area (Å²) in [6, 6.07) is 13.2. The highest BCUT2D eigenvalue weighted by molar-refractivity contribution is 6.32. The van der Waals surface area contributed by atoms with Crippen LogP contribution in [0, 0.1) is 5.92 Å². The molecule has 1 saturated heterocycles. The summed E-state index contributed by atoms with van der Waals surface area (Å²) in [6.45, 7) is 3.32.